The van der Waals surface area contributed by atoms with Gasteiger partial charge in [0.1, 0.15) is 0 Å². The van der Waals surface area contributed by atoms with Crippen LogP contribution in [0.3, 0.4) is 0 Å². The molecule has 2 rings (SSSR count). The topological polar surface area (TPSA) is 29.3 Å². The van der Waals surface area contributed by atoms with E-state index in [-0.39, 0.29) is 0 Å². The molecule has 1 aromatic rings. The highest BCUT2D eigenvalue weighted by Crippen LogP contribution is 2.35. The van der Waals surface area contributed by atoms with Crippen molar-refractivity contribution in [3.05, 3.63) is 22.8 Å². The van der Waals surface area contributed by atoms with Gasteiger partial charge in [0.2, 0.25) is 0 Å². The Balaban J connectivity index is 2.08. The predicted octanol–water partition coefficient (Wildman–Crippen LogP) is 3.83. The van der Waals surface area contributed by atoms with E-state index in [0.717, 1.165) is 5.69 Å². The maximum Gasteiger partial charge on any atom is 0.0406 e. The Labute approximate surface area is 111 Å². The molecule has 0 atom stereocenters. The number of nitrogens with two attached hydrogens (primary N) is 1. The zero-order valence-corrected chi connectivity index (χ0v) is 12.1. The molecule has 1 aromatic carbocycles. The summed E-state index contributed by atoms with van der Waals surface area (Å²) in [5, 5.41) is 0. The first-order valence-corrected chi connectivity index (χ1v) is 7.28. The lowest BCUT2D eigenvalue weighted by atomic mass is 10.0. The molecule has 2 nitrogen and oxygen atoms in total. The second kappa shape index (κ2) is 5.64. The van der Waals surface area contributed by atoms with Gasteiger partial charge in [0.05, 0.1) is 0 Å². The Morgan fingerprint density at radius 1 is 1.22 bits per heavy atom. The summed E-state index contributed by atoms with van der Waals surface area (Å²) in [5.41, 5.74) is 12.6. The van der Waals surface area contributed by atoms with Gasteiger partial charge in [-0.1, -0.05) is 26.2 Å². The van der Waals surface area contributed by atoms with Crippen LogP contribution < -0.4 is 10.6 Å². The molecule has 0 spiro atoms. The van der Waals surface area contributed by atoms with Crippen molar-refractivity contribution in [2.24, 2.45) is 0 Å². The molecule has 1 heterocycles. The zero-order chi connectivity index (χ0) is 13.1. The molecular formula is C16H26N2. The summed E-state index contributed by atoms with van der Waals surface area (Å²) in [7, 11) is 0. The van der Waals surface area contributed by atoms with E-state index >= 15 is 0 Å². The summed E-state index contributed by atoms with van der Waals surface area (Å²) in [6, 6.07) is 2.28. The molecule has 100 valence electrons. The van der Waals surface area contributed by atoms with Crippen LogP contribution in [-0.2, 0) is 6.42 Å². The van der Waals surface area contributed by atoms with Crippen LogP contribution in [0.4, 0.5) is 11.4 Å². The molecule has 2 N–H and O–H groups in total. The maximum absolute atomic E-state index is 6.12. The van der Waals surface area contributed by atoms with Gasteiger partial charge in [-0.05, 0) is 49.4 Å². The van der Waals surface area contributed by atoms with Crippen molar-refractivity contribution in [3.63, 3.8) is 0 Å². The van der Waals surface area contributed by atoms with Gasteiger partial charge in [0.25, 0.3) is 0 Å². The van der Waals surface area contributed by atoms with Crippen LogP contribution in [0.15, 0.2) is 6.07 Å². The molecule has 2 heteroatoms. The second-order valence-electron chi connectivity index (χ2n) is 5.53. The number of hydrogen-bond acceptors (Lipinski definition) is 2. The monoisotopic (exact) mass is 246 g/mol. The van der Waals surface area contributed by atoms with Gasteiger partial charge in [0, 0.05) is 24.5 Å². The fourth-order valence-electron chi connectivity index (χ4n) is 2.95. The lowest BCUT2D eigenvalue weighted by molar-refractivity contribution is 0.651. The maximum atomic E-state index is 6.12. The third-order valence-electron chi connectivity index (χ3n) is 4.20. The first-order valence-electron chi connectivity index (χ1n) is 7.28. The first kappa shape index (κ1) is 13.3. The zero-order valence-electron chi connectivity index (χ0n) is 12.1. The number of anilines is 2. The van der Waals surface area contributed by atoms with Crippen LogP contribution >= 0.6 is 0 Å². The first-order chi connectivity index (χ1) is 8.65. The number of hydrogen-bond donors (Lipinski definition) is 1. The third kappa shape index (κ3) is 2.47. The highest BCUT2D eigenvalue weighted by atomic mass is 15.1. The SMILES string of the molecule is CCCCCCN1CCc2c1cc(C)c(N)c2C. The van der Waals surface area contributed by atoms with Crippen molar-refractivity contribution < 1.29 is 0 Å². The highest BCUT2D eigenvalue weighted by molar-refractivity contribution is 5.70. The fourth-order valence-corrected chi connectivity index (χ4v) is 2.95. The minimum absolute atomic E-state index is 0.988. The summed E-state index contributed by atoms with van der Waals surface area (Å²) in [4.78, 5) is 2.55. The van der Waals surface area contributed by atoms with E-state index in [1.165, 1.54) is 67.6 Å². The van der Waals surface area contributed by atoms with Gasteiger partial charge in [0.15, 0.2) is 0 Å². The lowest BCUT2D eigenvalue weighted by Crippen LogP contribution is -2.21. The summed E-state index contributed by atoms with van der Waals surface area (Å²) in [5.74, 6) is 0. The van der Waals surface area contributed by atoms with Gasteiger partial charge in [-0.15, -0.1) is 0 Å². The Bertz CT molecular complexity index is 424. The fraction of sp³-hybridized carbons (Fsp3) is 0.625. The van der Waals surface area contributed by atoms with Crippen molar-refractivity contribution in [3.8, 4) is 0 Å². The normalized spacial score (nSPS) is 14.1. The highest BCUT2D eigenvalue weighted by Gasteiger charge is 2.22. The van der Waals surface area contributed by atoms with Crippen LogP contribution in [0.2, 0.25) is 0 Å². The van der Waals surface area contributed by atoms with E-state index in [2.05, 4.69) is 31.7 Å². The number of fused-ring (bicyclic) bond motifs is 1. The van der Waals surface area contributed by atoms with Crippen LogP contribution in [0, 0.1) is 13.8 Å². The van der Waals surface area contributed by atoms with E-state index in [1.54, 1.807) is 0 Å². The standard InChI is InChI=1S/C16H26N2/c1-4-5-6-7-9-18-10-8-14-13(3)16(17)12(2)11-15(14)18/h11H,4-10,17H2,1-3H3. The molecule has 0 bridgehead atoms. The van der Waals surface area contributed by atoms with Crippen LogP contribution in [-0.4, -0.2) is 13.1 Å². The Morgan fingerprint density at radius 2 is 2.00 bits per heavy atom. The van der Waals surface area contributed by atoms with Crippen molar-refractivity contribution in [2.75, 3.05) is 23.7 Å². The second-order valence-corrected chi connectivity index (χ2v) is 5.53. The molecule has 0 amide bonds. The Kier molecular flexibility index (Phi) is 4.15. The minimum Gasteiger partial charge on any atom is -0.398 e. The lowest BCUT2D eigenvalue weighted by Gasteiger charge is -2.21. The van der Waals surface area contributed by atoms with Gasteiger partial charge >= 0.3 is 0 Å². The molecule has 0 saturated carbocycles. The molecule has 1 aliphatic heterocycles. The van der Waals surface area contributed by atoms with E-state index in [1.807, 2.05) is 0 Å². The van der Waals surface area contributed by atoms with Crippen LogP contribution in [0.1, 0.15) is 49.3 Å². The van der Waals surface area contributed by atoms with Gasteiger partial charge in [-0.2, -0.15) is 0 Å². The summed E-state index contributed by atoms with van der Waals surface area (Å²) in [6.07, 6.45) is 6.51. The Morgan fingerprint density at radius 3 is 2.72 bits per heavy atom. The van der Waals surface area contributed by atoms with Crippen molar-refractivity contribution >= 4 is 11.4 Å². The van der Waals surface area contributed by atoms with Crippen LogP contribution in [0.25, 0.3) is 0 Å². The number of benzene rings is 1. The third-order valence-corrected chi connectivity index (χ3v) is 4.20. The van der Waals surface area contributed by atoms with Crippen molar-refractivity contribution in [1.82, 2.24) is 0 Å². The number of nitrogens with zero attached hydrogens (tertiary/aromatic N) is 1. The largest absolute Gasteiger partial charge is 0.398 e. The summed E-state index contributed by atoms with van der Waals surface area (Å²) >= 11 is 0. The molecular weight excluding hydrogens is 220 g/mol. The predicted molar refractivity (Wildman–Crippen MR) is 80.4 cm³/mol. The van der Waals surface area contributed by atoms with Gasteiger partial charge < -0.3 is 10.6 Å². The minimum atomic E-state index is 0.988. The summed E-state index contributed by atoms with van der Waals surface area (Å²) < 4.78 is 0. The molecule has 1 aliphatic rings. The van der Waals surface area contributed by atoms with E-state index in [9.17, 15) is 0 Å². The molecule has 0 fully saturated rings. The average Bonchev–Trinajstić information content (AvgIpc) is 2.75. The Hall–Kier alpha value is -1.18. The molecule has 0 radical (unpaired) electrons. The van der Waals surface area contributed by atoms with E-state index in [4.69, 9.17) is 5.73 Å². The molecule has 18 heavy (non-hydrogen) atoms. The average molecular weight is 246 g/mol. The van der Waals surface area contributed by atoms with Gasteiger partial charge in [-0.25, -0.2) is 0 Å². The van der Waals surface area contributed by atoms with E-state index in [0.29, 0.717) is 0 Å². The number of unbranched alkanes of at least 4 members (excludes halogenated alkanes) is 3. The number of aryl methyl sites for hydroxylation is 1. The van der Waals surface area contributed by atoms with Gasteiger partial charge in [-0.3, -0.25) is 0 Å². The number of rotatable bonds is 5. The quantitative estimate of drug-likeness (QED) is 0.632. The summed E-state index contributed by atoms with van der Waals surface area (Å²) in [6.45, 7) is 8.93. The molecule has 0 aromatic heterocycles. The van der Waals surface area contributed by atoms with Crippen molar-refractivity contribution in [1.29, 1.82) is 0 Å². The molecule has 0 unspecified atom stereocenters. The molecule has 0 saturated heterocycles. The van der Waals surface area contributed by atoms with Crippen molar-refractivity contribution in [2.45, 2.75) is 52.9 Å². The smallest absolute Gasteiger partial charge is 0.0406 e. The van der Waals surface area contributed by atoms with E-state index < -0.39 is 0 Å². The van der Waals surface area contributed by atoms with Crippen LogP contribution in [0.5, 0.6) is 0 Å². The number of nitrogen functional groups attached to an aromatic ring is 1. The molecule has 0 aliphatic carbocycles.